The summed E-state index contributed by atoms with van der Waals surface area (Å²) >= 11 is 0. The first-order chi connectivity index (χ1) is 23.1. The van der Waals surface area contributed by atoms with Crippen molar-refractivity contribution in [2.24, 2.45) is 0 Å². The van der Waals surface area contributed by atoms with Crippen LogP contribution in [-0.2, 0) is 5.41 Å². The highest BCUT2D eigenvalue weighted by atomic mass is 15.3. The summed E-state index contributed by atoms with van der Waals surface area (Å²) in [5.41, 5.74) is 16.9. The first-order valence-electron chi connectivity index (χ1n) is 16.4. The van der Waals surface area contributed by atoms with Crippen molar-refractivity contribution in [1.82, 2.24) is 0 Å². The summed E-state index contributed by atoms with van der Waals surface area (Å²) in [4.78, 5) is 5.00. The summed E-state index contributed by atoms with van der Waals surface area (Å²) in [5.74, 6) is 0. The zero-order valence-corrected chi connectivity index (χ0v) is 26.6. The molecule has 0 amide bonds. The average molecular weight is 603 g/mol. The molecule has 224 valence electrons. The van der Waals surface area contributed by atoms with Crippen LogP contribution in [0.5, 0.6) is 0 Å². The van der Waals surface area contributed by atoms with Crippen molar-refractivity contribution in [2.75, 3.05) is 9.80 Å². The molecule has 0 saturated heterocycles. The molecular formula is C45H34N2. The summed E-state index contributed by atoms with van der Waals surface area (Å²) in [6.07, 6.45) is 0. The number of para-hydroxylation sites is 2. The van der Waals surface area contributed by atoms with Gasteiger partial charge >= 0.3 is 0 Å². The van der Waals surface area contributed by atoms with Crippen molar-refractivity contribution in [3.05, 3.63) is 181 Å². The van der Waals surface area contributed by atoms with Gasteiger partial charge < -0.3 is 9.80 Å². The molecule has 9 rings (SSSR count). The van der Waals surface area contributed by atoms with E-state index in [1.807, 2.05) is 0 Å². The van der Waals surface area contributed by atoms with Crippen molar-refractivity contribution in [3.8, 4) is 33.4 Å². The number of rotatable bonds is 4. The van der Waals surface area contributed by atoms with Crippen molar-refractivity contribution in [1.29, 1.82) is 0 Å². The molecular weight excluding hydrogens is 569 g/mol. The monoisotopic (exact) mass is 602 g/mol. The van der Waals surface area contributed by atoms with Gasteiger partial charge in [-0.25, -0.2) is 0 Å². The Morgan fingerprint density at radius 2 is 0.936 bits per heavy atom. The van der Waals surface area contributed by atoms with Gasteiger partial charge in [-0.2, -0.15) is 0 Å². The van der Waals surface area contributed by atoms with Crippen LogP contribution in [0.15, 0.2) is 170 Å². The van der Waals surface area contributed by atoms with Gasteiger partial charge in [0.1, 0.15) is 0 Å². The fourth-order valence-electron chi connectivity index (χ4n) is 7.66. The third-order valence-electron chi connectivity index (χ3n) is 9.95. The van der Waals surface area contributed by atoms with E-state index in [1.165, 1.54) is 67.3 Å². The lowest BCUT2D eigenvalue weighted by molar-refractivity contribution is 0.631. The molecule has 47 heavy (non-hydrogen) atoms. The van der Waals surface area contributed by atoms with E-state index in [4.69, 9.17) is 0 Å². The number of nitrogens with zero attached hydrogens (tertiary/aromatic N) is 2. The van der Waals surface area contributed by atoms with E-state index < -0.39 is 0 Å². The lowest BCUT2D eigenvalue weighted by Gasteiger charge is -2.48. The Bertz CT molecular complexity index is 2270. The van der Waals surface area contributed by atoms with Crippen molar-refractivity contribution in [2.45, 2.75) is 19.3 Å². The van der Waals surface area contributed by atoms with E-state index in [0.29, 0.717) is 0 Å². The van der Waals surface area contributed by atoms with Crippen LogP contribution in [0, 0.1) is 0 Å². The van der Waals surface area contributed by atoms with Crippen molar-refractivity contribution < 1.29 is 0 Å². The summed E-state index contributed by atoms with van der Waals surface area (Å²) in [7, 11) is 0. The molecule has 0 atom stereocenters. The van der Waals surface area contributed by atoms with E-state index in [1.54, 1.807) is 0 Å². The predicted molar refractivity (Wildman–Crippen MR) is 198 cm³/mol. The molecule has 2 aliphatic heterocycles. The summed E-state index contributed by atoms with van der Waals surface area (Å²) in [6, 6.07) is 61.9. The molecule has 0 N–H and O–H groups in total. The average Bonchev–Trinajstić information content (AvgIpc) is 3.14. The number of hydrogen-bond donors (Lipinski definition) is 0. The molecule has 0 spiro atoms. The van der Waals surface area contributed by atoms with Crippen molar-refractivity contribution in [3.63, 3.8) is 0 Å². The van der Waals surface area contributed by atoms with Gasteiger partial charge in [0.25, 0.3) is 0 Å². The molecule has 2 nitrogen and oxygen atoms in total. The highest BCUT2D eigenvalue weighted by molar-refractivity contribution is 6.07. The van der Waals surface area contributed by atoms with E-state index >= 15 is 0 Å². The largest absolute Gasteiger partial charge is 0.306 e. The van der Waals surface area contributed by atoms with Crippen LogP contribution in [0.2, 0.25) is 0 Å². The molecule has 2 heterocycles. The fourth-order valence-corrected chi connectivity index (χ4v) is 7.66. The lowest BCUT2D eigenvalue weighted by Crippen LogP contribution is -2.34. The maximum atomic E-state index is 2.53. The second-order valence-electron chi connectivity index (χ2n) is 13.0. The Kier molecular flexibility index (Phi) is 6.20. The van der Waals surface area contributed by atoms with Crippen molar-refractivity contribution >= 4 is 34.1 Å². The molecule has 0 aliphatic carbocycles. The normalized spacial score (nSPS) is 13.8. The maximum absolute atomic E-state index is 2.53. The van der Waals surface area contributed by atoms with Gasteiger partial charge in [0.15, 0.2) is 0 Å². The van der Waals surface area contributed by atoms with Crippen LogP contribution in [-0.4, -0.2) is 0 Å². The van der Waals surface area contributed by atoms with Gasteiger partial charge in [-0.05, 0) is 87.0 Å². The summed E-state index contributed by atoms with van der Waals surface area (Å²) < 4.78 is 0. The molecule has 7 aromatic carbocycles. The fraction of sp³-hybridized carbons (Fsp3) is 0.0667. The van der Waals surface area contributed by atoms with Gasteiger partial charge in [-0.3, -0.25) is 0 Å². The van der Waals surface area contributed by atoms with E-state index in [2.05, 4.69) is 194 Å². The highest BCUT2D eigenvalue weighted by Gasteiger charge is 2.43. The Morgan fingerprint density at radius 3 is 1.66 bits per heavy atom. The first kappa shape index (κ1) is 27.5. The lowest BCUT2D eigenvalue weighted by atomic mass is 9.71. The first-order valence-corrected chi connectivity index (χ1v) is 16.4. The Hall–Kier alpha value is -5.86. The molecule has 2 heteroatoms. The number of anilines is 6. The van der Waals surface area contributed by atoms with Crippen LogP contribution in [0.1, 0.15) is 25.0 Å². The number of fused-ring (bicyclic) bond motifs is 4. The van der Waals surface area contributed by atoms with E-state index in [9.17, 15) is 0 Å². The minimum absolute atomic E-state index is 0.230. The Labute approximate surface area is 276 Å². The van der Waals surface area contributed by atoms with Crippen LogP contribution in [0.3, 0.4) is 0 Å². The van der Waals surface area contributed by atoms with Gasteiger partial charge in [-0.15, -0.1) is 0 Å². The third-order valence-corrected chi connectivity index (χ3v) is 9.95. The van der Waals surface area contributed by atoms with Gasteiger partial charge in [-0.1, -0.05) is 141 Å². The van der Waals surface area contributed by atoms with Crippen LogP contribution in [0.25, 0.3) is 33.4 Å². The highest BCUT2D eigenvalue weighted by Crippen LogP contribution is 2.62. The smallest absolute Gasteiger partial charge is 0.0744 e. The van der Waals surface area contributed by atoms with E-state index in [-0.39, 0.29) is 5.41 Å². The zero-order chi connectivity index (χ0) is 31.5. The number of hydrogen-bond acceptors (Lipinski definition) is 2. The molecule has 0 unspecified atom stereocenters. The quantitative estimate of drug-likeness (QED) is 0.198. The maximum Gasteiger partial charge on any atom is 0.0744 e. The molecule has 0 aromatic heterocycles. The Balaban J connectivity index is 1.38. The van der Waals surface area contributed by atoms with Crippen LogP contribution in [0.4, 0.5) is 34.1 Å². The minimum Gasteiger partial charge on any atom is -0.306 e. The zero-order valence-electron chi connectivity index (χ0n) is 26.6. The SMILES string of the molecule is CC1(C)c2ccccc2N2c3cc(-c4ccccc4)ccc3N(c3ccccc3)c3cc(-c4ccccc4-c4ccccc4)cc1c32. The molecule has 0 radical (unpaired) electrons. The van der Waals surface area contributed by atoms with Gasteiger partial charge in [0, 0.05) is 11.1 Å². The molecule has 7 aromatic rings. The standard InChI is InChI=1S/C45H34N2/c1-45(2)38-24-14-15-25-40(38)47-42-29-33(31-16-6-3-7-17-31)26-27-41(42)46(35-20-10-5-11-21-35)43-30-34(28-39(45)44(43)47)37-23-13-12-22-36(37)32-18-8-4-9-19-32/h3-30H,1-2H3. The second kappa shape index (κ2) is 10.6. The Morgan fingerprint density at radius 1 is 0.362 bits per heavy atom. The molecule has 0 fully saturated rings. The number of benzene rings is 7. The second-order valence-corrected chi connectivity index (χ2v) is 13.0. The minimum atomic E-state index is -0.230. The van der Waals surface area contributed by atoms with E-state index in [0.717, 1.165) is 11.4 Å². The van der Waals surface area contributed by atoms with Crippen LogP contribution >= 0.6 is 0 Å². The molecule has 2 aliphatic rings. The predicted octanol–water partition coefficient (Wildman–Crippen LogP) is 12.6. The van der Waals surface area contributed by atoms with Gasteiger partial charge in [0.05, 0.1) is 28.4 Å². The third kappa shape index (κ3) is 4.26. The topological polar surface area (TPSA) is 6.48 Å². The molecule has 0 saturated carbocycles. The summed E-state index contributed by atoms with van der Waals surface area (Å²) in [5, 5.41) is 0. The van der Waals surface area contributed by atoms with Crippen LogP contribution < -0.4 is 9.80 Å². The van der Waals surface area contributed by atoms with Gasteiger partial charge in [0.2, 0.25) is 0 Å². The molecule has 0 bridgehead atoms. The summed E-state index contributed by atoms with van der Waals surface area (Å²) in [6.45, 7) is 4.77.